The first-order valence-electron chi connectivity index (χ1n) is 13.2. The highest BCUT2D eigenvalue weighted by Crippen LogP contribution is 2.27. The second kappa shape index (κ2) is 16.9. The van der Waals surface area contributed by atoms with Crippen molar-refractivity contribution in [2.24, 2.45) is 0 Å². The SMILES string of the molecule is COC(=O)C(Oc1cc([B]O)c(CO)cc1F)c1ccccc1.O=C(O)C(Oc1cc([B]O)c(CO)cc1F)c1ccccc1. The van der Waals surface area contributed by atoms with Crippen molar-refractivity contribution in [3.05, 3.63) is 119 Å². The van der Waals surface area contributed by atoms with E-state index in [0.29, 0.717) is 18.6 Å². The minimum atomic E-state index is -1.39. The number of esters is 1. The number of rotatable bonds is 12. The van der Waals surface area contributed by atoms with Crippen LogP contribution < -0.4 is 20.4 Å². The number of methoxy groups -OCH3 is 1. The van der Waals surface area contributed by atoms with E-state index in [2.05, 4.69) is 0 Å². The summed E-state index contributed by atoms with van der Waals surface area (Å²) >= 11 is 0. The number of hydrogen-bond donors (Lipinski definition) is 5. The Morgan fingerprint density at radius 3 is 1.47 bits per heavy atom. The summed E-state index contributed by atoms with van der Waals surface area (Å²) in [4.78, 5) is 23.3. The lowest BCUT2D eigenvalue weighted by Gasteiger charge is -2.19. The van der Waals surface area contributed by atoms with Crippen molar-refractivity contribution in [2.45, 2.75) is 25.4 Å². The minimum Gasteiger partial charge on any atom is -0.478 e. The lowest BCUT2D eigenvalue weighted by molar-refractivity contribution is -0.149. The molecule has 0 aliphatic heterocycles. The van der Waals surface area contributed by atoms with E-state index in [1.54, 1.807) is 60.7 Å². The maximum absolute atomic E-state index is 14.1. The Hall–Kier alpha value is -4.75. The maximum atomic E-state index is 14.1. The lowest BCUT2D eigenvalue weighted by atomic mass is 9.84. The zero-order valence-corrected chi connectivity index (χ0v) is 23.8. The highest BCUT2D eigenvalue weighted by atomic mass is 19.1. The highest BCUT2D eigenvalue weighted by Gasteiger charge is 2.26. The summed E-state index contributed by atoms with van der Waals surface area (Å²) in [5.41, 5.74) is 1.57. The van der Waals surface area contributed by atoms with Gasteiger partial charge in [0.05, 0.1) is 20.3 Å². The van der Waals surface area contributed by atoms with Crippen LogP contribution in [0.4, 0.5) is 8.78 Å². The summed E-state index contributed by atoms with van der Waals surface area (Å²) in [6.45, 7) is -0.909. The van der Waals surface area contributed by atoms with E-state index >= 15 is 0 Å². The largest absolute Gasteiger partial charge is 0.478 e. The van der Waals surface area contributed by atoms with Gasteiger partial charge >= 0.3 is 26.9 Å². The second-order valence-corrected chi connectivity index (χ2v) is 9.22. The molecule has 0 aromatic heterocycles. The fourth-order valence-corrected chi connectivity index (χ4v) is 4.05. The molecule has 45 heavy (non-hydrogen) atoms. The van der Waals surface area contributed by atoms with Crippen LogP contribution >= 0.6 is 0 Å². The van der Waals surface area contributed by atoms with E-state index in [0.717, 1.165) is 25.7 Å². The summed E-state index contributed by atoms with van der Waals surface area (Å²) in [6, 6.07) is 21.0. The number of halogens is 2. The van der Waals surface area contributed by atoms with Gasteiger partial charge in [-0.3, -0.25) is 0 Å². The monoisotopic (exact) mass is 620 g/mol. The van der Waals surface area contributed by atoms with E-state index in [-0.39, 0.29) is 33.6 Å². The molecule has 2 unspecified atom stereocenters. The molecule has 0 saturated heterocycles. The van der Waals surface area contributed by atoms with Gasteiger partial charge < -0.3 is 39.6 Å². The summed E-state index contributed by atoms with van der Waals surface area (Å²) in [5, 5.41) is 45.7. The van der Waals surface area contributed by atoms with Crippen LogP contribution in [0, 0.1) is 11.6 Å². The molecule has 10 nitrogen and oxygen atoms in total. The van der Waals surface area contributed by atoms with Crippen LogP contribution in [0.2, 0.25) is 0 Å². The van der Waals surface area contributed by atoms with Crippen LogP contribution in [0.15, 0.2) is 84.9 Å². The standard InChI is InChI=1S/C16H15BFO5.C15H13BFO5/c1-22-16(20)15(10-5-3-2-4-6-10)23-14-8-12(17-21)11(9-19)7-13(14)18;17-12-6-10(8-18)11(16-21)7-13(12)22-14(15(19)20)9-4-2-1-3-5-9/h2-8,15,19,21H,9H2,1H3;1-7,14,18,21H,8H2,(H,19,20). The number of hydrogen-bond acceptors (Lipinski definition) is 9. The van der Waals surface area contributed by atoms with Gasteiger partial charge in [0, 0.05) is 11.1 Å². The lowest BCUT2D eigenvalue weighted by Crippen LogP contribution is -2.24. The van der Waals surface area contributed by atoms with Gasteiger partial charge in [0.15, 0.2) is 23.1 Å². The van der Waals surface area contributed by atoms with Crippen LogP contribution in [0.25, 0.3) is 0 Å². The number of aliphatic hydroxyl groups excluding tert-OH is 2. The first kappa shape index (κ1) is 34.7. The molecular formula is C31H28B2F2O10. The van der Waals surface area contributed by atoms with E-state index < -0.39 is 49.0 Å². The molecule has 0 aliphatic carbocycles. The second-order valence-electron chi connectivity index (χ2n) is 9.22. The molecule has 2 radical (unpaired) electrons. The molecule has 0 aliphatic rings. The number of aliphatic hydroxyl groups is 2. The van der Waals surface area contributed by atoms with Gasteiger partial charge in [0.2, 0.25) is 12.2 Å². The Kier molecular flexibility index (Phi) is 13.1. The van der Waals surface area contributed by atoms with Gasteiger partial charge in [-0.2, -0.15) is 0 Å². The Balaban J connectivity index is 0.000000246. The Morgan fingerprint density at radius 2 is 1.11 bits per heavy atom. The van der Waals surface area contributed by atoms with Crippen molar-refractivity contribution in [1.82, 2.24) is 0 Å². The summed E-state index contributed by atoms with van der Waals surface area (Å²) < 4.78 is 43.5. The van der Waals surface area contributed by atoms with Gasteiger partial charge in [-0.05, 0) is 46.3 Å². The van der Waals surface area contributed by atoms with Crippen LogP contribution in [0.5, 0.6) is 11.5 Å². The van der Waals surface area contributed by atoms with Crippen LogP contribution in [-0.2, 0) is 27.5 Å². The molecule has 0 amide bonds. The third-order valence-electron chi connectivity index (χ3n) is 6.34. The van der Waals surface area contributed by atoms with Crippen molar-refractivity contribution in [3.8, 4) is 11.5 Å². The van der Waals surface area contributed by atoms with Gasteiger partial charge in [0.1, 0.15) is 0 Å². The minimum absolute atomic E-state index is 0.149. The van der Waals surface area contributed by atoms with Crippen molar-refractivity contribution in [3.63, 3.8) is 0 Å². The Morgan fingerprint density at radius 1 is 0.711 bits per heavy atom. The molecule has 0 saturated carbocycles. The molecule has 4 aromatic rings. The van der Waals surface area contributed by atoms with Crippen molar-refractivity contribution in [2.75, 3.05) is 7.11 Å². The molecule has 232 valence electrons. The molecule has 0 heterocycles. The topological polar surface area (TPSA) is 163 Å². The number of carboxylic acids is 1. The number of benzene rings is 4. The summed E-state index contributed by atoms with van der Waals surface area (Å²) in [7, 11) is 2.63. The first-order valence-corrected chi connectivity index (χ1v) is 13.2. The van der Waals surface area contributed by atoms with Gasteiger partial charge in [-0.15, -0.1) is 0 Å². The van der Waals surface area contributed by atoms with Crippen molar-refractivity contribution >= 4 is 37.8 Å². The number of ether oxygens (including phenoxy) is 3. The molecule has 0 bridgehead atoms. The molecular weight excluding hydrogens is 592 g/mol. The third kappa shape index (κ3) is 9.13. The molecule has 14 heteroatoms. The quantitative estimate of drug-likeness (QED) is 0.116. The van der Waals surface area contributed by atoms with Crippen molar-refractivity contribution in [1.29, 1.82) is 0 Å². The van der Waals surface area contributed by atoms with E-state index in [1.165, 1.54) is 13.2 Å². The van der Waals surface area contributed by atoms with Gasteiger partial charge in [-0.25, -0.2) is 18.4 Å². The average molecular weight is 620 g/mol. The number of carbonyl (C=O) groups excluding carboxylic acids is 1. The molecule has 0 spiro atoms. The fraction of sp³-hybridized carbons (Fsp3) is 0.161. The summed E-state index contributed by atoms with van der Waals surface area (Å²) in [5.74, 6) is -4.10. The van der Waals surface area contributed by atoms with E-state index in [1.807, 2.05) is 0 Å². The average Bonchev–Trinajstić information content (AvgIpc) is 3.07. The number of aliphatic carboxylic acids is 1. The number of carbonyl (C=O) groups is 2. The molecule has 4 rings (SSSR count). The zero-order valence-electron chi connectivity index (χ0n) is 23.8. The summed E-state index contributed by atoms with van der Waals surface area (Å²) in [6.07, 6.45) is -2.54. The zero-order chi connectivity index (χ0) is 32.9. The predicted molar refractivity (Wildman–Crippen MR) is 159 cm³/mol. The van der Waals surface area contributed by atoms with Gasteiger partial charge in [0.25, 0.3) is 0 Å². The predicted octanol–water partition coefficient (Wildman–Crippen LogP) is 1.61. The third-order valence-corrected chi connectivity index (χ3v) is 6.34. The van der Waals surface area contributed by atoms with E-state index in [9.17, 15) is 23.5 Å². The fourth-order valence-electron chi connectivity index (χ4n) is 4.05. The Labute approximate surface area is 258 Å². The normalized spacial score (nSPS) is 11.7. The highest BCUT2D eigenvalue weighted by molar-refractivity contribution is 6.46. The molecule has 2 atom stereocenters. The van der Waals surface area contributed by atoms with E-state index in [4.69, 9.17) is 34.5 Å². The van der Waals surface area contributed by atoms with Gasteiger partial charge in [-0.1, -0.05) is 60.7 Å². The molecule has 4 aromatic carbocycles. The maximum Gasteiger partial charge on any atom is 0.351 e. The smallest absolute Gasteiger partial charge is 0.351 e. The number of carboxylic acid groups (broad SMARTS) is 1. The molecule has 5 N–H and O–H groups in total. The first-order chi connectivity index (χ1) is 21.7. The van der Waals surface area contributed by atoms with Crippen LogP contribution in [0.1, 0.15) is 34.5 Å². The molecule has 0 fully saturated rings. The van der Waals surface area contributed by atoms with Crippen molar-refractivity contribution < 1.29 is 57.9 Å². The van der Waals surface area contributed by atoms with Crippen LogP contribution in [0.3, 0.4) is 0 Å². The Bertz CT molecular complexity index is 1580. The van der Waals surface area contributed by atoms with Crippen LogP contribution in [-0.4, -0.2) is 59.4 Å².